The summed E-state index contributed by atoms with van der Waals surface area (Å²) < 4.78 is 0. The Morgan fingerprint density at radius 3 is 2.45 bits per heavy atom. The van der Waals surface area contributed by atoms with Gasteiger partial charge in [0.05, 0.1) is 0 Å². The SMILES string of the molecule is CC([C]=O)C(=O)N1CCCC1. The Morgan fingerprint density at radius 2 is 2.00 bits per heavy atom. The molecular formula is C8H12NO2. The minimum absolute atomic E-state index is 0.0718. The highest BCUT2D eigenvalue weighted by molar-refractivity contribution is 5.91. The molecule has 0 saturated carbocycles. The molecule has 1 fully saturated rings. The zero-order chi connectivity index (χ0) is 8.27. The molecule has 0 N–H and O–H groups in total. The second-order valence-corrected chi connectivity index (χ2v) is 2.87. The standard InChI is InChI=1S/C8H12NO2/c1-7(6-10)8(11)9-4-2-3-5-9/h7H,2-5H2,1H3. The largest absolute Gasteiger partial charge is 0.342 e. The molecule has 1 rings (SSSR count). The lowest BCUT2D eigenvalue weighted by atomic mass is 10.2. The van der Waals surface area contributed by atoms with Gasteiger partial charge in [0.25, 0.3) is 0 Å². The molecule has 0 spiro atoms. The van der Waals surface area contributed by atoms with Crippen LogP contribution in [0.3, 0.4) is 0 Å². The van der Waals surface area contributed by atoms with Crippen LogP contribution in [-0.4, -0.2) is 30.2 Å². The summed E-state index contributed by atoms with van der Waals surface area (Å²) in [5.41, 5.74) is 0. The molecule has 0 aromatic heterocycles. The number of likely N-dealkylation sites (tertiary alicyclic amines) is 1. The van der Waals surface area contributed by atoms with Crippen LogP contribution in [0.25, 0.3) is 0 Å². The fraction of sp³-hybridized carbons (Fsp3) is 0.750. The molecule has 1 unspecified atom stereocenters. The second kappa shape index (κ2) is 3.51. The molecule has 1 amide bonds. The number of rotatable bonds is 2. The predicted octanol–water partition coefficient (Wildman–Crippen LogP) is 0.355. The molecule has 3 heteroatoms. The maximum absolute atomic E-state index is 11.2. The van der Waals surface area contributed by atoms with E-state index < -0.39 is 5.92 Å². The van der Waals surface area contributed by atoms with Gasteiger partial charge in [-0.1, -0.05) is 0 Å². The molecule has 3 nitrogen and oxygen atoms in total. The maximum atomic E-state index is 11.2. The number of nitrogens with zero attached hydrogens (tertiary/aromatic N) is 1. The molecule has 1 heterocycles. The van der Waals surface area contributed by atoms with Gasteiger partial charge >= 0.3 is 0 Å². The van der Waals surface area contributed by atoms with Crippen molar-refractivity contribution in [3.63, 3.8) is 0 Å². The lowest BCUT2D eigenvalue weighted by Crippen LogP contribution is -2.33. The molecule has 0 bridgehead atoms. The Labute approximate surface area is 66.4 Å². The van der Waals surface area contributed by atoms with Crippen LogP contribution in [0.2, 0.25) is 0 Å². The van der Waals surface area contributed by atoms with Gasteiger partial charge < -0.3 is 4.90 Å². The molecule has 0 aliphatic carbocycles. The van der Waals surface area contributed by atoms with E-state index in [0.29, 0.717) is 0 Å². The van der Waals surface area contributed by atoms with Crippen LogP contribution in [0, 0.1) is 5.92 Å². The highest BCUT2D eigenvalue weighted by Gasteiger charge is 2.22. The van der Waals surface area contributed by atoms with Gasteiger partial charge in [0.2, 0.25) is 12.2 Å². The van der Waals surface area contributed by atoms with Crippen molar-refractivity contribution in [3.8, 4) is 0 Å². The van der Waals surface area contributed by atoms with Crippen LogP contribution in [0.1, 0.15) is 19.8 Å². The van der Waals surface area contributed by atoms with Gasteiger partial charge in [-0.15, -0.1) is 0 Å². The zero-order valence-electron chi connectivity index (χ0n) is 6.67. The smallest absolute Gasteiger partial charge is 0.233 e. The Morgan fingerprint density at radius 1 is 1.45 bits per heavy atom. The average molecular weight is 154 g/mol. The quantitative estimate of drug-likeness (QED) is 0.538. The molecule has 61 valence electrons. The zero-order valence-corrected chi connectivity index (χ0v) is 6.67. The fourth-order valence-corrected chi connectivity index (χ4v) is 1.26. The van der Waals surface area contributed by atoms with Crippen molar-refractivity contribution in [1.82, 2.24) is 4.90 Å². The van der Waals surface area contributed by atoms with E-state index in [1.807, 2.05) is 0 Å². The molecule has 0 aromatic carbocycles. The summed E-state index contributed by atoms with van der Waals surface area (Å²) in [5.74, 6) is -0.648. The van der Waals surface area contributed by atoms with E-state index in [-0.39, 0.29) is 5.91 Å². The summed E-state index contributed by atoms with van der Waals surface area (Å²) in [6, 6.07) is 0. The molecule has 1 atom stereocenters. The van der Waals surface area contributed by atoms with E-state index >= 15 is 0 Å². The van der Waals surface area contributed by atoms with Crippen molar-refractivity contribution in [2.24, 2.45) is 5.92 Å². The number of hydrogen-bond donors (Lipinski definition) is 0. The van der Waals surface area contributed by atoms with Crippen molar-refractivity contribution in [3.05, 3.63) is 0 Å². The molecule has 1 aliphatic heterocycles. The van der Waals surface area contributed by atoms with Crippen LogP contribution < -0.4 is 0 Å². The van der Waals surface area contributed by atoms with Crippen molar-refractivity contribution >= 4 is 12.2 Å². The topological polar surface area (TPSA) is 37.4 Å². The summed E-state index contributed by atoms with van der Waals surface area (Å²) in [7, 11) is 0. The normalized spacial score (nSPS) is 19.9. The van der Waals surface area contributed by atoms with Gasteiger partial charge in [0, 0.05) is 13.1 Å². The summed E-state index contributed by atoms with van der Waals surface area (Å²) in [4.78, 5) is 23.1. The first-order valence-corrected chi connectivity index (χ1v) is 3.92. The Bertz CT molecular complexity index is 161. The highest BCUT2D eigenvalue weighted by Crippen LogP contribution is 2.10. The first-order valence-electron chi connectivity index (χ1n) is 3.92. The minimum Gasteiger partial charge on any atom is -0.342 e. The number of hydrogen-bond acceptors (Lipinski definition) is 2. The molecular weight excluding hydrogens is 142 g/mol. The van der Waals surface area contributed by atoms with Gasteiger partial charge in [-0.25, -0.2) is 0 Å². The Hall–Kier alpha value is -0.860. The van der Waals surface area contributed by atoms with E-state index in [0.717, 1.165) is 25.9 Å². The first kappa shape index (κ1) is 8.24. The predicted molar refractivity (Wildman–Crippen MR) is 40.7 cm³/mol. The van der Waals surface area contributed by atoms with Crippen LogP contribution in [0.4, 0.5) is 0 Å². The van der Waals surface area contributed by atoms with Crippen LogP contribution >= 0.6 is 0 Å². The third kappa shape index (κ3) is 1.79. The molecule has 11 heavy (non-hydrogen) atoms. The third-order valence-electron chi connectivity index (χ3n) is 1.96. The van der Waals surface area contributed by atoms with Gasteiger partial charge in [-0.2, -0.15) is 0 Å². The summed E-state index contributed by atoms with van der Waals surface area (Å²) in [6.07, 6.45) is 3.83. The van der Waals surface area contributed by atoms with Crippen molar-refractivity contribution < 1.29 is 9.59 Å². The number of carbonyl (C=O) groups excluding carboxylic acids is 2. The van der Waals surface area contributed by atoms with Gasteiger partial charge in [-0.3, -0.25) is 9.59 Å². The van der Waals surface area contributed by atoms with E-state index in [2.05, 4.69) is 0 Å². The fourth-order valence-electron chi connectivity index (χ4n) is 1.26. The Kier molecular flexibility index (Phi) is 2.63. The van der Waals surface area contributed by atoms with Crippen molar-refractivity contribution in [2.75, 3.05) is 13.1 Å². The molecule has 1 radical (unpaired) electrons. The summed E-state index contributed by atoms with van der Waals surface area (Å²) in [5, 5.41) is 0. The minimum atomic E-state index is -0.576. The maximum Gasteiger partial charge on any atom is 0.233 e. The number of carbonyl (C=O) groups is 1. The molecule has 1 aliphatic rings. The van der Waals surface area contributed by atoms with E-state index in [4.69, 9.17) is 0 Å². The van der Waals surface area contributed by atoms with Crippen LogP contribution in [0.5, 0.6) is 0 Å². The molecule has 1 saturated heterocycles. The lowest BCUT2D eigenvalue weighted by Gasteiger charge is -2.15. The highest BCUT2D eigenvalue weighted by atomic mass is 16.2. The monoisotopic (exact) mass is 154 g/mol. The summed E-state index contributed by atoms with van der Waals surface area (Å²) >= 11 is 0. The van der Waals surface area contributed by atoms with E-state index in [1.165, 1.54) is 0 Å². The van der Waals surface area contributed by atoms with Gasteiger partial charge in [0.15, 0.2) is 0 Å². The first-order chi connectivity index (χ1) is 5.25. The molecule has 0 aromatic rings. The number of amides is 1. The second-order valence-electron chi connectivity index (χ2n) is 2.87. The summed E-state index contributed by atoms with van der Waals surface area (Å²) in [6.45, 7) is 3.21. The van der Waals surface area contributed by atoms with E-state index in [9.17, 15) is 9.59 Å². The lowest BCUT2D eigenvalue weighted by molar-refractivity contribution is -0.131. The van der Waals surface area contributed by atoms with Gasteiger partial charge in [-0.05, 0) is 19.8 Å². The van der Waals surface area contributed by atoms with Crippen LogP contribution in [0.15, 0.2) is 0 Å². The third-order valence-corrected chi connectivity index (χ3v) is 1.96. The average Bonchev–Trinajstić information content (AvgIpc) is 2.53. The Balaban J connectivity index is 2.45. The van der Waals surface area contributed by atoms with Crippen LogP contribution in [-0.2, 0) is 9.59 Å². The van der Waals surface area contributed by atoms with E-state index in [1.54, 1.807) is 18.1 Å². The van der Waals surface area contributed by atoms with Crippen molar-refractivity contribution in [1.29, 1.82) is 0 Å². The van der Waals surface area contributed by atoms with Gasteiger partial charge in [0.1, 0.15) is 5.92 Å². The van der Waals surface area contributed by atoms with Crippen molar-refractivity contribution in [2.45, 2.75) is 19.8 Å².